The van der Waals surface area contributed by atoms with Crippen molar-refractivity contribution >= 4 is 53.2 Å². The highest BCUT2D eigenvalue weighted by Gasteiger charge is 2.41. The van der Waals surface area contributed by atoms with Crippen LogP contribution in [0, 0.1) is 17.8 Å². The summed E-state index contributed by atoms with van der Waals surface area (Å²) >= 11 is 0. The number of phenolic OH excluding ortho intramolecular Hbond substituents is 2. The molecule has 1 aliphatic heterocycles. The standard InChI is InChI=1S/C50H75N9O14/c1-9-27(6)40(57-45(67)38-11-10-20-59(38)49(71)37(21-25(2)3)55-42(64)34(51)24-60)47(69)58-41(29(8)61)48(70)56-39(26(4)5)46(68)54-36(23-31-14-18-33(63)19-15-31)44(66)53-35(43(65)52-28(7)50(72)73)22-30-12-16-32(62)17-13-30/h12-19,25-29,34-41,60-63H,9-11,20-24,51H2,1-8H3,(H,52,65)(H,53,66)(H,54,68)(H,55,64)(H,56,70)(H,57,67)(H,58,69)(H,72,73)/t27-,28-,29+,34-,35-,36-,37-,38-,39-,40-,41-/m0/s1. The molecule has 73 heavy (non-hydrogen) atoms. The largest absolute Gasteiger partial charge is 0.508 e. The number of nitrogens with one attached hydrogen (secondary N) is 7. The first-order valence-corrected chi connectivity index (χ1v) is 24.5. The molecular formula is C50H75N9O14. The predicted molar refractivity (Wildman–Crippen MR) is 266 cm³/mol. The van der Waals surface area contributed by atoms with Crippen LogP contribution in [0.1, 0.15) is 92.2 Å². The number of amides is 8. The van der Waals surface area contributed by atoms with E-state index in [2.05, 4.69) is 37.2 Å². The number of aliphatic carboxylic acids is 1. The minimum atomic E-state index is -1.69. The maximum absolute atomic E-state index is 14.2. The molecule has 1 aliphatic rings. The molecule has 404 valence electrons. The topological polar surface area (TPSA) is 368 Å². The number of rotatable bonds is 27. The van der Waals surface area contributed by atoms with Gasteiger partial charge in [0.05, 0.1) is 12.7 Å². The van der Waals surface area contributed by atoms with Crippen molar-refractivity contribution in [2.45, 2.75) is 154 Å². The number of phenols is 2. The lowest BCUT2D eigenvalue weighted by Gasteiger charge is -2.32. The first kappa shape index (κ1) is 60.5. The van der Waals surface area contributed by atoms with Crippen LogP contribution in [0.4, 0.5) is 0 Å². The molecule has 3 rings (SSSR count). The summed E-state index contributed by atoms with van der Waals surface area (Å²) in [5.74, 6) is -9.23. The van der Waals surface area contributed by atoms with E-state index in [-0.39, 0.29) is 49.6 Å². The van der Waals surface area contributed by atoms with Crippen molar-refractivity contribution in [1.29, 1.82) is 0 Å². The molecule has 8 amide bonds. The van der Waals surface area contributed by atoms with Crippen LogP contribution < -0.4 is 43.0 Å². The zero-order valence-corrected chi connectivity index (χ0v) is 42.7. The Morgan fingerprint density at radius 2 is 1.10 bits per heavy atom. The molecule has 23 heteroatoms. The molecule has 0 spiro atoms. The summed E-state index contributed by atoms with van der Waals surface area (Å²) in [6.45, 7) is 12.3. The maximum atomic E-state index is 14.2. The van der Waals surface area contributed by atoms with Gasteiger partial charge in [-0.3, -0.25) is 43.2 Å². The normalized spacial score (nSPS) is 17.5. The van der Waals surface area contributed by atoms with Gasteiger partial charge in [0, 0.05) is 19.4 Å². The molecule has 1 saturated heterocycles. The minimum Gasteiger partial charge on any atom is -0.508 e. The molecule has 2 aromatic rings. The first-order chi connectivity index (χ1) is 34.3. The molecule has 1 heterocycles. The van der Waals surface area contributed by atoms with E-state index in [1.165, 1.54) is 67.3 Å². The quantitative estimate of drug-likeness (QED) is 0.0501. The second-order valence-corrected chi connectivity index (χ2v) is 19.4. The highest BCUT2D eigenvalue weighted by molar-refractivity contribution is 5.98. The molecule has 2 aromatic carbocycles. The van der Waals surface area contributed by atoms with Crippen molar-refractivity contribution < 1.29 is 68.7 Å². The number of nitrogens with zero attached hydrogens (tertiary/aromatic N) is 1. The number of aliphatic hydroxyl groups is 2. The monoisotopic (exact) mass is 1030 g/mol. The van der Waals surface area contributed by atoms with Gasteiger partial charge in [0.1, 0.15) is 65.9 Å². The number of carboxylic acid groups (broad SMARTS) is 1. The summed E-state index contributed by atoms with van der Waals surface area (Å²) in [6.07, 6.45) is -0.673. The number of hydrogen-bond acceptors (Lipinski definition) is 14. The summed E-state index contributed by atoms with van der Waals surface area (Å²) in [7, 11) is 0. The van der Waals surface area contributed by atoms with Gasteiger partial charge in [-0.2, -0.15) is 0 Å². The van der Waals surface area contributed by atoms with Gasteiger partial charge in [0.15, 0.2) is 0 Å². The van der Waals surface area contributed by atoms with Crippen molar-refractivity contribution in [3.8, 4) is 11.5 Å². The summed E-state index contributed by atoms with van der Waals surface area (Å²) in [6, 6.07) is -0.509. The number of carboxylic acids is 1. The van der Waals surface area contributed by atoms with Crippen molar-refractivity contribution in [1.82, 2.24) is 42.1 Å². The zero-order valence-electron chi connectivity index (χ0n) is 42.7. The SMILES string of the molecule is CC[C@H](C)[C@H](NC(=O)[C@@H]1CCCN1C(=O)[C@H](CC(C)C)NC(=O)[C@@H](N)CO)C(=O)N[C@H](C(=O)N[C@H](C(=O)N[C@@H](Cc1ccc(O)cc1)C(=O)N[C@@H](Cc1ccc(O)cc1)C(=O)N[C@@H](C)C(=O)O)C(C)C)[C@@H](C)O. The first-order valence-electron chi connectivity index (χ1n) is 24.5. The number of carbonyl (C=O) groups excluding carboxylic acids is 8. The van der Waals surface area contributed by atoms with E-state index < -0.39 is 132 Å². The van der Waals surface area contributed by atoms with Gasteiger partial charge in [0.2, 0.25) is 47.3 Å². The Hall–Kier alpha value is -6.85. The van der Waals surface area contributed by atoms with Gasteiger partial charge >= 0.3 is 5.97 Å². The lowest BCUT2D eigenvalue weighted by Crippen LogP contribution is -2.63. The molecule has 14 N–H and O–H groups in total. The van der Waals surface area contributed by atoms with E-state index in [0.29, 0.717) is 24.0 Å². The Kier molecular flexibility index (Phi) is 23.5. The smallest absolute Gasteiger partial charge is 0.325 e. The third kappa shape index (κ3) is 18.3. The van der Waals surface area contributed by atoms with Gasteiger partial charge in [-0.05, 0) is 86.3 Å². The van der Waals surface area contributed by atoms with E-state index in [9.17, 15) is 68.7 Å². The van der Waals surface area contributed by atoms with Crippen LogP contribution in [-0.4, -0.2) is 157 Å². The summed E-state index contributed by atoms with van der Waals surface area (Å²) < 4.78 is 0. The molecular weight excluding hydrogens is 951 g/mol. The van der Waals surface area contributed by atoms with E-state index >= 15 is 0 Å². The Balaban J connectivity index is 1.87. The molecule has 0 radical (unpaired) electrons. The lowest BCUT2D eigenvalue weighted by atomic mass is 9.96. The fraction of sp³-hybridized carbons (Fsp3) is 0.580. The fourth-order valence-electron chi connectivity index (χ4n) is 8.00. The molecule has 1 fully saturated rings. The van der Waals surface area contributed by atoms with Crippen LogP contribution in [-0.2, 0) is 56.0 Å². The third-order valence-electron chi connectivity index (χ3n) is 12.5. The number of hydrogen-bond donors (Lipinski definition) is 13. The van der Waals surface area contributed by atoms with Gasteiger partial charge in [0.25, 0.3) is 0 Å². The Morgan fingerprint density at radius 3 is 1.56 bits per heavy atom. The van der Waals surface area contributed by atoms with Crippen molar-refractivity contribution in [2.24, 2.45) is 23.5 Å². The van der Waals surface area contributed by atoms with Crippen LogP contribution in [0.15, 0.2) is 48.5 Å². The highest BCUT2D eigenvalue weighted by atomic mass is 16.4. The van der Waals surface area contributed by atoms with Crippen LogP contribution in [0.3, 0.4) is 0 Å². The molecule has 0 bridgehead atoms. The number of likely N-dealkylation sites (tertiary alicyclic amines) is 1. The van der Waals surface area contributed by atoms with Crippen LogP contribution in [0.2, 0.25) is 0 Å². The summed E-state index contributed by atoms with van der Waals surface area (Å²) in [5.41, 5.74) is 6.63. The van der Waals surface area contributed by atoms with Crippen LogP contribution in [0.5, 0.6) is 11.5 Å². The van der Waals surface area contributed by atoms with Crippen molar-refractivity contribution in [3.05, 3.63) is 59.7 Å². The summed E-state index contributed by atoms with van der Waals surface area (Å²) in [5, 5.41) is 67.4. The molecule has 0 aliphatic carbocycles. The number of carbonyl (C=O) groups is 9. The molecule has 0 saturated carbocycles. The Morgan fingerprint density at radius 1 is 0.630 bits per heavy atom. The molecule has 23 nitrogen and oxygen atoms in total. The minimum absolute atomic E-state index is 0.0568. The van der Waals surface area contributed by atoms with E-state index in [1.807, 2.05) is 13.8 Å². The van der Waals surface area contributed by atoms with Crippen LogP contribution in [0.25, 0.3) is 0 Å². The average Bonchev–Trinajstić information content (AvgIpc) is 3.83. The van der Waals surface area contributed by atoms with Gasteiger partial charge in [-0.1, -0.05) is 72.2 Å². The Labute approximate surface area is 425 Å². The average molecular weight is 1030 g/mol. The third-order valence-corrected chi connectivity index (χ3v) is 12.5. The number of aliphatic hydroxyl groups excluding tert-OH is 2. The molecule has 11 atom stereocenters. The van der Waals surface area contributed by atoms with Gasteiger partial charge < -0.3 is 73.4 Å². The maximum Gasteiger partial charge on any atom is 0.325 e. The number of benzene rings is 2. The van der Waals surface area contributed by atoms with E-state index in [0.717, 1.165) is 0 Å². The molecule has 0 unspecified atom stereocenters. The second-order valence-electron chi connectivity index (χ2n) is 19.4. The second kappa shape index (κ2) is 28.4. The summed E-state index contributed by atoms with van der Waals surface area (Å²) in [4.78, 5) is 124. The van der Waals surface area contributed by atoms with Crippen molar-refractivity contribution in [2.75, 3.05) is 13.2 Å². The van der Waals surface area contributed by atoms with E-state index in [1.54, 1.807) is 27.7 Å². The number of aromatic hydroxyl groups is 2. The highest BCUT2D eigenvalue weighted by Crippen LogP contribution is 2.22. The lowest BCUT2D eigenvalue weighted by molar-refractivity contribution is -0.143. The Bertz CT molecular complexity index is 2230. The van der Waals surface area contributed by atoms with Gasteiger partial charge in [-0.15, -0.1) is 0 Å². The van der Waals surface area contributed by atoms with Gasteiger partial charge in [-0.25, -0.2) is 0 Å². The fourth-order valence-corrected chi connectivity index (χ4v) is 8.00. The molecule has 0 aromatic heterocycles. The predicted octanol–water partition coefficient (Wildman–Crippen LogP) is -1.18. The number of nitrogens with two attached hydrogens (primary N) is 1. The van der Waals surface area contributed by atoms with Crippen LogP contribution >= 0.6 is 0 Å². The van der Waals surface area contributed by atoms with Crippen molar-refractivity contribution in [3.63, 3.8) is 0 Å². The van der Waals surface area contributed by atoms with E-state index in [4.69, 9.17) is 5.73 Å². The zero-order chi connectivity index (χ0) is 54.9.